The second-order valence-corrected chi connectivity index (χ2v) is 7.28. The van der Waals surface area contributed by atoms with Crippen LogP contribution < -0.4 is 5.32 Å². The molecule has 2 aromatic rings. The Labute approximate surface area is 129 Å². The fraction of sp³-hybridized carbons (Fsp3) is 0.333. The largest absolute Gasteiger partial charge is 0.377 e. The van der Waals surface area contributed by atoms with Crippen LogP contribution in [-0.2, 0) is 6.42 Å². The van der Waals surface area contributed by atoms with E-state index in [0.29, 0.717) is 6.04 Å². The van der Waals surface area contributed by atoms with E-state index in [9.17, 15) is 0 Å². The molecule has 20 heavy (non-hydrogen) atoms. The van der Waals surface area contributed by atoms with E-state index in [1.165, 1.54) is 22.4 Å². The summed E-state index contributed by atoms with van der Waals surface area (Å²) < 4.78 is 1.13. The summed E-state index contributed by atoms with van der Waals surface area (Å²) in [5.41, 5.74) is 5.59. The quantitative estimate of drug-likeness (QED) is 0.767. The zero-order valence-electron chi connectivity index (χ0n) is 12.2. The Kier molecular flexibility index (Phi) is 3.37. The number of rotatable bonds is 2. The molecule has 3 rings (SSSR count). The SMILES string of the molecule is Cc1ccc(Br)c(NC2c3ccccc3CC2(C)C)c1. The molecule has 1 aliphatic rings. The maximum Gasteiger partial charge on any atom is 0.0571 e. The number of halogens is 1. The smallest absolute Gasteiger partial charge is 0.0571 e. The third kappa shape index (κ3) is 2.37. The minimum Gasteiger partial charge on any atom is -0.377 e. The van der Waals surface area contributed by atoms with Gasteiger partial charge in [-0.2, -0.15) is 0 Å². The number of hydrogen-bond acceptors (Lipinski definition) is 1. The van der Waals surface area contributed by atoms with Crippen molar-refractivity contribution in [1.82, 2.24) is 0 Å². The van der Waals surface area contributed by atoms with E-state index in [-0.39, 0.29) is 5.41 Å². The molecule has 0 spiro atoms. The monoisotopic (exact) mass is 329 g/mol. The van der Waals surface area contributed by atoms with Gasteiger partial charge in [-0.1, -0.05) is 44.2 Å². The van der Waals surface area contributed by atoms with Crippen LogP contribution in [-0.4, -0.2) is 0 Å². The molecule has 1 N–H and O–H groups in total. The second-order valence-electron chi connectivity index (χ2n) is 6.42. The molecule has 0 radical (unpaired) electrons. The highest BCUT2D eigenvalue weighted by molar-refractivity contribution is 9.10. The van der Waals surface area contributed by atoms with Crippen LogP contribution in [0.15, 0.2) is 46.9 Å². The molecule has 1 atom stereocenters. The molecule has 0 fully saturated rings. The van der Waals surface area contributed by atoms with Gasteiger partial charge in [0.2, 0.25) is 0 Å². The molecule has 2 aromatic carbocycles. The van der Waals surface area contributed by atoms with Gasteiger partial charge in [-0.05, 0) is 63.5 Å². The van der Waals surface area contributed by atoms with Crippen LogP contribution in [0.3, 0.4) is 0 Å². The molecule has 0 amide bonds. The first-order valence-corrected chi connectivity index (χ1v) is 7.87. The summed E-state index contributed by atoms with van der Waals surface area (Å²) in [7, 11) is 0. The molecule has 1 unspecified atom stereocenters. The zero-order chi connectivity index (χ0) is 14.3. The third-order valence-corrected chi connectivity index (χ3v) is 4.91. The average molecular weight is 330 g/mol. The lowest BCUT2D eigenvalue weighted by Gasteiger charge is -2.30. The first kappa shape index (κ1) is 13.7. The highest BCUT2D eigenvalue weighted by Gasteiger charge is 2.38. The highest BCUT2D eigenvalue weighted by Crippen LogP contribution is 2.47. The van der Waals surface area contributed by atoms with Gasteiger partial charge in [-0.15, -0.1) is 0 Å². The van der Waals surface area contributed by atoms with E-state index < -0.39 is 0 Å². The van der Waals surface area contributed by atoms with Gasteiger partial charge in [0.15, 0.2) is 0 Å². The molecule has 0 saturated heterocycles. The van der Waals surface area contributed by atoms with E-state index in [0.717, 1.165) is 10.9 Å². The summed E-state index contributed by atoms with van der Waals surface area (Å²) in [6.07, 6.45) is 1.13. The van der Waals surface area contributed by atoms with Crippen LogP contribution in [0.5, 0.6) is 0 Å². The molecule has 1 nitrogen and oxygen atoms in total. The molecule has 2 heteroatoms. The van der Waals surface area contributed by atoms with E-state index in [1.807, 2.05) is 0 Å². The summed E-state index contributed by atoms with van der Waals surface area (Å²) in [4.78, 5) is 0. The fourth-order valence-electron chi connectivity index (χ4n) is 3.17. The van der Waals surface area contributed by atoms with Crippen LogP contribution in [0.25, 0.3) is 0 Å². The van der Waals surface area contributed by atoms with Crippen LogP contribution in [0, 0.1) is 12.3 Å². The normalized spacial score (nSPS) is 19.7. The molecular formula is C18H20BrN. The maximum atomic E-state index is 3.75. The molecule has 0 aromatic heterocycles. The number of fused-ring (bicyclic) bond motifs is 1. The Morgan fingerprint density at radius 3 is 2.70 bits per heavy atom. The van der Waals surface area contributed by atoms with Crippen molar-refractivity contribution in [2.45, 2.75) is 33.2 Å². The van der Waals surface area contributed by atoms with Gasteiger partial charge in [0.25, 0.3) is 0 Å². The van der Waals surface area contributed by atoms with E-state index in [1.54, 1.807) is 0 Å². The molecule has 0 saturated carbocycles. The van der Waals surface area contributed by atoms with Crippen LogP contribution >= 0.6 is 15.9 Å². The van der Waals surface area contributed by atoms with Crippen molar-refractivity contribution in [2.75, 3.05) is 5.32 Å². The van der Waals surface area contributed by atoms with Crippen molar-refractivity contribution in [1.29, 1.82) is 0 Å². The van der Waals surface area contributed by atoms with Crippen molar-refractivity contribution < 1.29 is 0 Å². The Morgan fingerprint density at radius 1 is 1.15 bits per heavy atom. The molecule has 1 aliphatic carbocycles. The molecule has 104 valence electrons. The second kappa shape index (κ2) is 4.92. The molecule has 0 bridgehead atoms. The summed E-state index contributed by atoms with van der Waals surface area (Å²) in [6.45, 7) is 6.81. The Hall–Kier alpha value is -1.28. The van der Waals surface area contributed by atoms with Gasteiger partial charge in [0.05, 0.1) is 6.04 Å². The van der Waals surface area contributed by atoms with E-state index >= 15 is 0 Å². The number of anilines is 1. The third-order valence-electron chi connectivity index (χ3n) is 4.22. The van der Waals surface area contributed by atoms with Crippen LogP contribution in [0.2, 0.25) is 0 Å². The lowest BCUT2D eigenvalue weighted by Crippen LogP contribution is -2.24. The van der Waals surface area contributed by atoms with E-state index in [2.05, 4.69) is 84.5 Å². The Balaban J connectivity index is 1.99. The summed E-state index contributed by atoms with van der Waals surface area (Å²) in [5, 5.41) is 3.75. The topological polar surface area (TPSA) is 12.0 Å². The fourth-order valence-corrected chi connectivity index (χ4v) is 3.53. The van der Waals surface area contributed by atoms with Crippen LogP contribution in [0.4, 0.5) is 5.69 Å². The predicted octanol–water partition coefficient (Wildman–Crippen LogP) is 5.49. The lowest BCUT2D eigenvalue weighted by molar-refractivity contribution is 0.337. The van der Waals surface area contributed by atoms with Crippen LogP contribution in [0.1, 0.15) is 36.6 Å². The number of nitrogens with one attached hydrogen (secondary N) is 1. The maximum absolute atomic E-state index is 3.75. The van der Waals surface area contributed by atoms with Crippen molar-refractivity contribution in [3.05, 3.63) is 63.6 Å². The molecule has 0 heterocycles. The number of aryl methyl sites for hydroxylation is 1. The van der Waals surface area contributed by atoms with Crippen molar-refractivity contribution in [3.63, 3.8) is 0 Å². The standard InChI is InChI=1S/C18H20BrN/c1-12-8-9-15(19)16(10-12)20-17-14-7-5-4-6-13(14)11-18(17,2)3/h4-10,17,20H,11H2,1-3H3. The van der Waals surface area contributed by atoms with Gasteiger partial charge in [-0.25, -0.2) is 0 Å². The highest BCUT2D eigenvalue weighted by atomic mass is 79.9. The van der Waals surface area contributed by atoms with Crippen molar-refractivity contribution >= 4 is 21.6 Å². The number of benzene rings is 2. The van der Waals surface area contributed by atoms with Crippen molar-refractivity contribution in [2.24, 2.45) is 5.41 Å². The summed E-state index contributed by atoms with van der Waals surface area (Å²) >= 11 is 3.65. The van der Waals surface area contributed by atoms with Gasteiger partial charge in [0.1, 0.15) is 0 Å². The van der Waals surface area contributed by atoms with Crippen molar-refractivity contribution in [3.8, 4) is 0 Å². The van der Waals surface area contributed by atoms with Gasteiger partial charge >= 0.3 is 0 Å². The van der Waals surface area contributed by atoms with E-state index in [4.69, 9.17) is 0 Å². The average Bonchev–Trinajstić information content (AvgIpc) is 2.65. The van der Waals surface area contributed by atoms with Gasteiger partial charge in [-0.3, -0.25) is 0 Å². The minimum atomic E-state index is 0.229. The Bertz CT molecular complexity index is 646. The first-order valence-electron chi connectivity index (χ1n) is 7.08. The lowest BCUT2D eigenvalue weighted by atomic mass is 9.85. The minimum absolute atomic E-state index is 0.229. The molecular weight excluding hydrogens is 310 g/mol. The first-order chi connectivity index (χ1) is 9.47. The molecule has 0 aliphatic heterocycles. The Morgan fingerprint density at radius 2 is 1.90 bits per heavy atom. The number of hydrogen-bond donors (Lipinski definition) is 1. The van der Waals surface area contributed by atoms with Gasteiger partial charge in [0, 0.05) is 10.2 Å². The summed E-state index contributed by atoms with van der Waals surface area (Å²) in [5.74, 6) is 0. The zero-order valence-corrected chi connectivity index (χ0v) is 13.8. The predicted molar refractivity (Wildman–Crippen MR) is 89.2 cm³/mol. The summed E-state index contributed by atoms with van der Waals surface area (Å²) in [6, 6.07) is 15.6. The van der Waals surface area contributed by atoms with Gasteiger partial charge < -0.3 is 5.32 Å².